The van der Waals surface area contributed by atoms with E-state index in [1.54, 1.807) is 6.20 Å². The van der Waals surface area contributed by atoms with E-state index in [9.17, 15) is 0 Å². The van der Waals surface area contributed by atoms with E-state index in [4.69, 9.17) is 4.98 Å². The summed E-state index contributed by atoms with van der Waals surface area (Å²) in [5.74, 6) is 4.01. The Labute approximate surface area is 168 Å². The van der Waals surface area contributed by atoms with Crippen LogP contribution in [0.15, 0.2) is 24.5 Å². The number of fused-ring (bicyclic) bond motifs is 1. The fourth-order valence-electron chi connectivity index (χ4n) is 3.42. The SMILES string of the molecule is CC.CC.Cc1nc2cnc(Nc3ccnc(C4CCCCC4)n3)cc2n1C. The molecule has 0 spiro atoms. The Morgan fingerprint density at radius 1 is 0.964 bits per heavy atom. The Hall–Kier alpha value is -2.50. The number of nitrogens with one attached hydrogen (secondary N) is 1. The van der Waals surface area contributed by atoms with Crippen molar-refractivity contribution in [2.24, 2.45) is 7.05 Å². The number of nitrogens with zero attached hydrogens (tertiary/aromatic N) is 5. The predicted molar refractivity (Wildman–Crippen MR) is 117 cm³/mol. The van der Waals surface area contributed by atoms with Gasteiger partial charge in [0.25, 0.3) is 0 Å². The fourth-order valence-corrected chi connectivity index (χ4v) is 3.42. The number of rotatable bonds is 3. The molecule has 0 saturated heterocycles. The fraction of sp³-hybridized carbons (Fsp3) is 0.545. The first-order valence-electron chi connectivity index (χ1n) is 10.6. The zero-order chi connectivity index (χ0) is 20.5. The highest BCUT2D eigenvalue weighted by Gasteiger charge is 2.18. The van der Waals surface area contributed by atoms with E-state index >= 15 is 0 Å². The lowest BCUT2D eigenvalue weighted by Crippen LogP contribution is -2.09. The van der Waals surface area contributed by atoms with Crippen LogP contribution in [0.3, 0.4) is 0 Å². The van der Waals surface area contributed by atoms with Crippen LogP contribution in [-0.4, -0.2) is 24.5 Å². The molecule has 6 heteroatoms. The van der Waals surface area contributed by atoms with Gasteiger partial charge in [-0.2, -0.15) is 0 Å². The summed E-state index contributed by atoms with van der Waals surface area (Å²) in [6, 6.07) is 3.91. The molecule has 0 amide bonds. The lowest BCUT2D eigenvalue weighted by atomic mass is 9.89. The second-order valence-corrected chi connectivity index (χ2v) is 6.54. The smallest absolute Gasteiger partial charge is 0.135 e. The first-order valence-corrected chi connectivity index (χ1v) is 10.6. The van der Waals surface area contributed by atoms with Crippen LogP contribution in [-0.2, 0) is 7.05 Å². The third kappa shape index (κ3) is 5.06. The van der Waals surface area contributed by atoms with Crippen molar-refractivity contribution in [1.82, 2.24) is 24.5 Å². The number of anilines is 2. The second kappa shape index (κ2) is 10.7. The normalized spacial score (nSPS) is 13.9. The Morgan fingerprint density at radius 2 is 1.68 bits per heavy atom. The van der Waals surface area contributed by atoms with Crippen LogP contribution < -0.4 is 5.32 Å². The minimum atomic E-state index is 0.496. The molecule has 28 heavy (non-hydrogen) atoms. The van der Waals surface area contributed by atoms with Gasteiger partial charge >= 0.3 is 0 Å². The van der Waals surface area contributed by atoms with Crippen molar-refractivity contribution in [3.8, 4) is 0 Å². The first-order chi connectivity index (χ1) is 13.7. The highest BCUT2D eigenvalue weighted by atomic mass is 15.1. The van der Waals surface area contributed by atoms with Crippen LogP contribution in [0.25, 0.3) is 11.0 Å². The lowest BCUT2D eigenvalue weighted by Gasteiger charge is -2.20. The molecular formula is C22H34N6. The van der Waals surface area contributed by atoms with Crippen molar-refractivity contribution in [2.75, 3.05) is 5.32 Å². The van der Waals surface area contributed by atoms with Crippen molar-refractivity contribution in [2.45, 2.75) is 72.6 Å². The van der Waals surface area contributed by atoms with Gasteiger partial charge in [-0.3, -0.25) is 0 Å². The molecule has 1 aliphatic rings. The predicted octanol–water partition coefficient (Wildman–Crippen LogP) is 5.91. The monoisotopic (exact) mass is 382 g/mol. The maximum absolute atomic E-state index is 4.71. The van der Waals surface area contributed by atoms with Gasteiger partial charge in [-0.05, 0) is 25.8 Å². The van der Waals surface area contributed by atoms with Crippen LogP contribution in [0.4, 0.5) is 11.6 Å². The second-order valence-electron chi connectivity index (χ2n) is 6.54. The molecule has 0 radical (unpaired) electrons. The number of hydrogen-bond acceptors (Lipinski definition) is 5. The third-order valence-electron chi connectivity index (χ3n) is 4.89. The van der Waals surface area contributed by atoms with E-state index in [1.165, 1.54) is 32.1 Å². The van der Waals surface area contributed by atoms with Gasteiger partial charge in [-0.1, -0.05) is 47.0 Å². The summed E-state index contributed by atoms with van der Waals surface area (Å²) in [5, 5.41) is 3.31. The molecule has 1 aliphatic carbocycles. The van der Waals surface area contributed by atoms with Gasteiger partial charge in [0.2, 0.25) is 0 Å². The topological polar surface area (TPSA) is 68.5 Å². The molecule has 3 aromatic rings. The Balaban J connectivity index is 0.000000660. The Bertz CT molecular complexity index is 865. The summed E-state index contributed by atoms with van der Waals surface area (Å²) in [7, 11) is 2.01. The van der Waals surface area contributed by atoms with E-state index in [-0.39, 0.29) is 0 Å². The molecular weight excluding hydrogens is 348 g/mol. The van der Waals surface area contributed by atoms with Crippen molar-refractivity contribution < 1.29 is 0 Å². The maximum Gasteiger partial charge on any atom is 0.135 e. The molecule has 6 nitrogen and oxygen atoms in total. The minimum Gasteiger partial charge on any atom is -0.331 e. The van der Waals surface area contributed by atoms with E-state index in [0.717, 1.165) is 34.3 Å². The molecule has 1 saturated carbocycles. The summed E-state index contributed by atoms with van der Waals surface area (Å²) < 4.78 is 2.07. The van der Waals surface area contributed by atoms with Gasteiger partial charge in [0.05, 0.1) is 11.7 Å². The first kappa shape index (κ1) is 21.8. The molecule has 0 bridgehead atoms. The molecule has 4 rings (SSSR count). The van der Waals surface area contributed by atoms with Gasteiger partial charge in [0.15, 0.2) is 0 Å². The zero-order valence-corrected chi connectivity index (χ0v) is 18.2. The molecule has 0 aromatic carbocycles. The van der Waals surface area contributed by atoms with Crippen molar-refractivity contribution >= 4 is 22.7 Å². The number of hydrogen-bond donors (Lipinski definition) is 1. The largest absolute Gasteiger partial charge is 0.331 e. The molecule has 0 aliphatic heterocycles. The van der Waals surface area contributed by atoms with Crippen molar-refractivity contribution in [3.05, 3.63) is 36.2 Å². The summed E-state index contributed by atoms with van der Waals surface area (Å²) >= 11 is 0. The van der Waals surface area contributed by atoms with Gasteiger partial charge in [-0.25, -0.2) is 19.9 Å². The number of aryl methyl sites for hydroxylation is 2. The number of pyridine rings is 1. The van der Waals surface area contributed by atoms with Crippen LogP contribution in [0.1, 0.15) is 77.4 Å². The van der Waals surface area contributed by atoms with Crippen LogP contribution >= 0.6 is 0 Å². The van der Waals surface area contributed by atoms with E-state index in [1.807, 2.05) is 60.0 Å². The Morgan fingerprint density at radius 3 is 2.39 bits per heavy atom. The standard InChI is InChI=1S/C18H22N6.2C2H6/c1-12-21-14-11-20-17(10-15(14)24(12)2)22-16-8-9-19-18(23-16)13-6-4-3-5-7-13;2*1-2/h8-11,13H,3-7H2,1-2H3,(H,19,20,22,23);2*1-2H3. The zero-order valence-electron chi connectivity index (χ0n) is 18.2. The molecule has 152 valence electrons. The van der Waals surface area contributed by atoms with Crippen LogP contribution in [0.2, 0.25) is 0 Å². The number of aromatic nitrogens is 5. The number of imidazole rings is 1. The summed E-state index contributed by atoms with van der Waals surface area (Å²) in [6.45, 7) is 9.99. The van der Waals surface area contributed by atoms with E-state index in [2.05, 4.69) is 24.8 Å². The minimum absolute atomic E-state index is 0.496. The molecule has 1 N–H and O–H groups in total. The van der Waals surface area contributed by atoms with E-state index < -0.39 is 0 Å². The maximum atomic E-state index is 4.71. The van der Waals surface area contributed by atoms with Gasteiger partial charge < -0.3 is 9.88 Å². The lowest BCUT2D eigenvalue weighted by molar-refractivity contribution is 0.429. The average molecular weight is 383 g/mol. The third-order valence-corrected chi connectivity index (χ3v) is 4.89. The quantitative estimate of drug-likeness (QED) is 0.610. The van der Waals surface area contributed by atoms with Crippen LogP contribution in [0, 0.1) is 6.92 Å². The van der Waals surface area contributed by atoms with E-state index in [0.29, 0.717) is 5.92 Å². The molecule has 0 unspecified atom stereocenters. The molecule has 0 atom stereocenters. The Kier molecular flexibility index (Phi) is 8.36. The summed E-state index contributed by atoms with van der Waals surface area (Å²) in [4.78, 5) is 18.1. The molecule has 3 heterocycles. The average Bonchev–Trinajstić information content (AvgIpc) is 3.05. The van der Waals surface area contributed by atoms with Gasteiger partial charge in [0, 0.05) is 25.2 Å². The van der Waals surface area contributed by atoms with Gasteiger partial charge in [0.1, 0.15) is 28.8 Å². The highest BCUT2D eigenvalue weighted by Crippen LogP contribution is 2.31. The van der Waals surface area contributed by atoms with Gasteiger partial charge in [-0.15, -0.1) is 0 Å². The van der Waals surface area contributed by atoms with Crippen molar-refractivity contribution in [1.29, 1.82) is 0 Å². The highest BCUT2D eigenvalue weighted by molar-refractivity contribution is 5.78. The summed E-state index contributed by atoms with van der Waals surface area (Å²) in [6.07, 6.45) is 9.93. The van der Waals surface area contributed by atoms with Crippen molar-refractivity contribution in [3.63, 3.8) is 0 Å². The molecule has 1 fully saturated rings. The summed E-state index contributed by atoms with van der Waals surface area (Å²) in [5.41, 5.74) is 1.97. The molecule has 3 aromatic heterocycles. The van der Waals surface area contributed by atoms with Crippen LogP contribution in [0.5, 0.6) is 0 Å².